The van der Waals surface area contributed by atoms with Crippen molar-refractivity contribution in [3.05, 3.63) is 103 Å². The molecule has 0 N–H and O–H groups in total. The van der Waals surface area contributed by atoms with Crippen LogP contribution in [0, 0.1) is 0 Å². The van der Waals surface area contributed by atoms with E-state index in [0.717, 1.165) is 33.0 Å². The third kappa shape index (κ3) is 2.15. The van der Waals surface area contributed by atoms with Crippen molar-refractivity contribution >= 4 is 54.5 Å². The lowest BCUT2D eigenvalue weighted by Crippen LogP contribution is -1.99. The highest BCUT2D eigenvalue weighted by Crippen LogP contribution is 2.50. The van der Waals surface area contributed by atoms with E-state index >= 15 is 0 Å². The molecule has 4 heteroatoms. The van der Waals surface area contributed by atoms with E-state index < -0.39 is 0 Å². The molecule has 0 aliphatic heterocycles. The average Bonchev–Trinajstić information content (AvgIpc) is 3.44. The van der Waals surface area contributed by atoms with E-state index in [1.165, 1.54) is 43.8 Å². The van der Waals surface area contributed by atoms with E-state index in [-0.39, 0.29) is 0 Å². The third-order valence-corrected chi connectivity index (χ3v) is 7.65. The van der Waals surface area contributed by atoms with Gasteiger partial charge in [-0.25, -0.2) is 9.97 Å². The van der Waals surface area contributed by atoms with Crippen molar-refractivity contribution in [2.24, 2.45) is 0 Å². The van der Waals surface area contributed by atoms with Gasteiger partial charge in [0.2, 0.25) is 5.95 Å². The summed E-state index contributed by atoms with van der Waals surface area (Å²) in [5.74, 6) is 0.681. The second kappa shape index (κ2) is 6.37. The highest BCUT2D eigenvalue weighted by Gasteiger charge is 2.26. The lowest BCUT2D eigenvalue weighted by molar-refractivity contribution is 0.669. The number of hydrogen-bond donors (Lipinski definition) is 0. The first-order valence-corrected chi connectivity index (χ1v) is 12.1. The van der Waals surface area contributed by atoms with Crippen molar-refractivity contribution < 1.29 is 4.42 Å². The van der Waals surface area contributed by atoms with E-state index in [9.17, 15) is 0 Å². The minimum Gasteiger partial charge on any atom is -0.456 e. The summed E-state index contributed by atoms with van der Waals surface area (Å²) in [5.41, 5.74) is 8.91. The number of rotatable bonds is 1. The Kier molecular flexibility index (Phi) is 3.25. The Bertz CT molecular complexity index is 2200. The van der Waals surface area contributed by atoms with Crippen molar-refractivity contribution in [3.63, 3.8) is 0 Å². The summed E-state index contributed by atoms with van der Waals surface area (Å²) < 4.78 is 8.52. The minimum atomic E-state index is 0.681. The van der Waals surface area contributed by atoms with Crippen LogP contribution in [0.3, 0.4) is 0 Å². The van der Waals surface area contributed by atoms with Crippen molar-refractivity contribution in [3.8, 4) is 28.2 Å². The lowest BCUT2D eigenvalue weighted by atomic mass is 9.92. The van der Waals surface area contributed by atoms with E-state index in [1.807, 2.05) is 18.2 Å². The molecule has 0 fully saturated rings. The molecule has 0 bridgehead atoms. The predicted octanol–water partition coefficient (Wildman–Crippen LogP) is 8.27. The van der Waals surface area contributed by atoms with Gasteiger partial charge in [0.1, 0.15) is 11.2 Å². The molecule has 8 aromatic rings. The topological polar surface area (TPSA) is 43.9 Å². The summed E-state index contributed by atoms with van der Waals surface area (Å²) in [6.07, 6.45) is 3.60. The fraction of sp³-hybridized carbons (Fsp3) is 0. The fourth-order valence-electron chi connectivity index (χ4n) is 6.21. The molecule has 9 rings (SSSR count). The molecule has 1 aliphatic carbocycles. The quantitative estimate of drug-likeness (QED) is 0.248. The van der Waals surface area contributed by atoms with Crippen LogP contribution in [-0.4, -0.2) is 14.5 Å². The molecule has 0 radical (unpaired) electrons. The summed E-state index contributed by atoms with van der Waals surface area (Å²) in [5, 5.41) is 7.27. The molecule has 0 atom stereocenters. The molecule has 1 aliphatic rings. The molecule has 166 valence electrons. The molecule has 36 heavy (non-hydrogen) atoms. The van der Waals surface area contributed by atoms with Crippen LogP contribution in [-0.2, 0) is 0 Å². The molecule has 0 saturated heterocycles. The molecule has 0 spiro atoms. The first-order chi connectivity index (χ1) is 17.9. The number of furan rings is 1. The van der Waals surface area contributed by atoms with Crippen LogP contribution >= 0.6 is 0 Å². The van der Waals surface area contributed by atoms with Gasteiger partial charge in [-0.3, -0.25) is 4.57 Å². The van der Waals surface area contributed by atoms with Gasteiger partial charge in [0.05, 0.1) is 11.0 Å². The van der Waals surface area contributed by atoms with Gasteiger partial charge < -0.3 is 4.42 Å². The largest absolute Gasteiger partial charge is 0.456 e. The van der Waals surface area contributed by atoms with Gasteiger partial charge in [0.15, 0.2) is 0 Å². The highest BCUT2D eigenvalue weighted by molar-refractivity contribution is 6.31. The van der Waals surface area contributed by atoms with Gasteiger partial charge in [-0.2, -0.15) is 0 Å². The first-order valence-electron chi connectivity index (χ1n) is 12.1. The van der Waals surface area contributed by atoms with Crippen LogP contribution in [0.5, 0.6) is 0 Å². The van der Waals surface area contributed by atoms with Gasteiger partial charge >= 0.3 is 0 Å². The number of benzene rings is 5. The van der Waals surface area contributed by atoms with Gasteiger partial charge in [-0.05, 0) is 69.4 Å². The van der Waals surface area contributed by atoms with Crippen LogP contribution in [0.2, 0.25) is 0 Å². The molecule has 3 aromatic heterocycles. The Morgan fingerprint density at radius 3 is 2.22 bits per heavy atom. The molecular weight excluding hydrogens is 442 g/mol. The molecule has 0 saturated carbocycles. The van der Waals surface area contributed by atoms with E-state index in [2.05, 4.69) is 87.3 Å². The second-order valence-corrected chi connectivity index (χ2v) is 9.44. The normalized spacial score (nSPS) is 12.4. The van der Waals surface area contributed by atoms with E-state index in [0.29, 0.717) is 5.95 Å². The Hall–Kier alpha value is -4.96. The van der Waals surface area contributed by atoms with Crippen LogP contribution in [0.4, 0.5) is 0 Å². The molecule has 0 amide bonds. The summed E-state index contributed by atoms with van der Waals surface area (Å²) in [6, 6.07) is 32.3. The maximum atomic E-state index is 6.33. The van der Waals surface area contributed by atoms with Crippen LogP contribution in [0.15, 0.2) is 108 Å². The van der Waals surface area contributed by atoms with Gasteiger partial charge in [0.25, 0.3) is 0 Å². The Morgan fingerprint density at radius 1 is 0.528 bits per heavy atom. The predicted molar refractivity (Wildman–Crippen MR) is 146 cm³/mol. The molecule has 3 heterocycles. The zero-order valence-electron chi connectivity index (χ0n) is 19.1. The smallest absolute Gasteiger partial charge is 0.234 e. The SMILES string of the molecule is c1cnc(-n2c3cccc4c3c3c5c(cccc5ccc32)-c2cc3c(cc2-4)oc2ccccc23)nc1. The second-order valence-electron chi connectivity index (χ2n) is 9.44. The fourth-order valence-corrected chi connectivity index (χ4v) is 6.21. The Labute approximate surface area is 205 Å². The van der Waals surface area contributed by atoms with Gasteiger partial charge in [-0.1, -0.05) is 54.6 Å². The average molecular weight is 460 g/mol. The van der Waals surface area contributed by atoms with Gasteiger partial charge in [-0.15, -0.1) is 0 Å². The van der Waals surface area contributed by atoms with E-state index in [4.69, 9.17) is 4.42 Å². The Balaban J connectivity index is 1.55. The third-order valence-electron chi connectivity index (χ3n) is 7.65. The first kappa shape index (κ1) is 18.4. The number of para-hydroxylation sites is 1. The van der Waals surface area contributed by atoms with E-state index in [1.54, 1.807) is 12.4 Å². The summed E-state index contributed by atoms with van der Waals surface area (Å²) in [4.78, 5) is 9.24. The van der Waals surface area contributed by atoms with Crippen molar-refractivity contribution in [1.82, 2.24) is 14.5 Å². The maximum absolute atomic E-state index is 6.33. The highest BCUT2D eigenvalue weighted by atomic mass is 16.3. The lowest BCUT2D eigenvalue weighted by Gasteiger charge is -2.13. The number of fused-ring (bicyclic) bond motifs is 6. The standard InChI is InChI=1S/C32H17N3O/c1-2-11-27-19(7-1)24-16-22-20-8-3-6-18-12-13-26-31(29(18)20)30-21(23(22)17-28(24)36-27)9-4-10-25(30)35(26)32-33-14-5-15-34-32/h1-17H. The van der Waals surface area contributed by atoms with Crippen molar-refractivity contribution in [2.45, 2.75) is 0 Å². The molecular formula is C32H17N3O. The van der Waals surface area contributed by atoms with Crippen LogP contribution < -0.4 is 0 Å². The number of hydrogen-bond acceptors (Lipinski definition) is 3. The monoisotopic (exact) mass is 459 g/mol. The summed E-state index contributed by atoms with van der Waals surface area (Å²) in [7, 11) is 0. The minimum absolute atomic E-state index is 0.681. The molecule has 4 nitrogen and oxygen atoms in total. The summed E-state index contributed by atoms with van der Waals surface area (Å²) >= 11 is 0. The zero-order valence-corrected chi connectivity index (χ0v) is 19.1. The van der Waals surface area contributed by atoms with Crippen molar-refractivity contribution in [2.75, 3.05) is 0 Å². The molecule has 0 unspecified atom stereocenters. The van der Waals surface area contributed by atoms with Crippen molar-refractivity contribution in [1.29, 1.82) is 0 Å². The maximum Gasteiger partial charge on any atom is 0.234 e. The zero-order chi connectivity index (χ0) is 23.4. The summed E-state index contributed by atoms with van der Waals surface area (Å²) in [6.45, 7) is 0. The van der Waals surface area contributed by atoms with Crippen LogP contribution in [0.1, 0.15) is 0 Å². The van der Waals surface area contributed by atoms with Crippen LogP contribution in [0.25, 0.3) is 82.7 Å². The van der Waals surface area contributed by atoms with Gasteiger partial charge in [0, 0.05) is 33.9 Å². The Morgan fingerprint density at radius 2 is 1.31 bits per heavy atom. The molecule has 5 aromatic carbocycles. The number of nitrogens with zero attached hydrogens (tertiary/aromatic N) is 3. The number of aromatic nitrogens is 3.